The van der Waals surface area contributed by atoms with Crippen molar-refractivity contribution >= 4 is 34.5 Å². The molecule has 3 aromatic rings. The Morgan fingerprint density at radius 1 is 1.37 bits per heavy atom. The van der Waals surface area contributed by atoms with Gasteiger partial charge in [-0.2, -0.15) is 13.2 Å². The number of aromatic nitrogens is 2. The summed E-state index contributed by atoms with van der Waals surface area (Å²) in [4.78, 5) is 27.5. The Morgan fingerprint density at radius 3 is 2.63 bits per heavy atom. The van der Waals surface area contributed by atoms with E-state index in [9.17, 15) is 28.1 Å². The normalized spacial score (nSPS) is 11.5. The zero-order valence-electron chi connectivity index (χ0n) is 15.6. The topological polar surface area (TPSA) is 98.8 Å². The third-order valence-electron chi connectivity index (χ3n) is 4.26. The molecule has 0 radical (unpaired) electrons. The van der Waals surface area contributed by atoms with E-state index in [2.05, 4.69) is 10.3 Å². The quantitative estimate of drug-likeness (QED) is 0.454. The van der Waals surface area contributed by atoms with Crippen LogP contribution in [0.1, 0.15) is 28.7 Å². The number of anilines is 1. The van der Waals surface area contributed by atoms with Crippen LogP contribution in [0.2, 0.25) is 5.02 Å². The van der Waals surface area contributed by atoms with Crippen molar-refractivity contribution in [2.24, 2.45) is 0 Å². The van der Waals surface area contributed by atoms with Crippen LogP contribution in [0, 0.1) is 10.1 Å². The van der Waals surface area contributed by atoms with Crippen molar-refractivity contribution in [1.29, 1.82) is 0 Å². The first-order valence-electron chi connectivity index (χ1n) is 8.48. The second-order valence-electron chi connectivity index (χ2n) is 6.13. The van der Waals surface area contributed by atoms with Crippen LogP contribution in [0.25, 0.3) is 5.65 Å². The molecule has 8 nitrogen and oxygen atoms in total. The standard InChI is InChI=1S/C18H14ClF3N4O4/c1-3-12-15(25-8-9(18(20,21)22)6-11(19)16(25)24-12)17(27)23-10-4-5-14(30-2)13(7-10)26(28)29/h4-8H,3H2,1-2H3,(H,23,27). The van der Waals surface area contributed by atoms with Crippen molar-refractivity contribution < 1.29 is 27.6 Å². The molecule has 1 amide bonds. The van der Waals surface area contributed by atoms with Crippen LogP contribution in [0.15, 0.2) is 30.5 Å². The monoisotopic (exact) mass is 442 g/mol. The van der Waals surface area contributed by atoms with E-state index in [1.54, 1.807) is 6.92 Å². The van der Waals surface area contributed by atoms with Gasteiger partial charge in [0.05, 0.1) is 28.3 Å². The number of benzene rings is 1. The number of nitrogens with zero attached hydrogens (tertiary/aromatic N) is 3. The molecule has 0 aliphatic carbocycles. The summed E-state index contributed by atoms with van der Waals surface area (Å²) in [6.07, 6.45) is -3.71. The van der Waals surface area contributed by atoms with Crippen molar-refractivity contribution in [2.75, 3.05) is 12.4 Å². The van der Waals surface area contributed by atoms with Gasteiger partial charge in [0.25, 0.3) is 5.91 Å². The molecule has 0 atom stereocenters. The first kappa shape index (κ1) is 21.4. The Bertz CT molecular complexity index is 1160. The molecule has 2 aromatic heterocycles. The highest BCUT2D eigenvalue weighted by Gasteiger charge is 2.33. The minimum absolute atomic E-state index is 0.00706. The number of aryl methyl sites for hydroxylation is 1. The second kappa shape index (κ2) is 7.82. The average Bonchev–Trinajstić information content (AvgIpc) is 3.06. The van der Waals surface area contributed by atoms with Crippen LogP contribution >= 0.6 is 11.6 Å². The van der Waals surface area contributed by atoms with Crippen LogP contribution in [0.5, 0.6) is 5.75 Å². The van der Waals surface area contributed by atoms with E-state index in [0.717, 1.165) is 22.7 Å². The number of nitrogens with one attached hydrogen (secondary N) is 1. The molecule has 1 N–H and O–H groups in total. The number of nitro benzene ring substituents is 1. The third kappa shape index (κ3) is 3.88. The zero-order chi connectivity index (χ0) is 22.2. The number of ether oxygens (including phenoxy) is 1. The van der Waals surface area contributed by atoms with Gasteiger partial charge in [0.1, 0.15) is 5.69 Å². The van der Waals surface area contributed by atoms with E-state index in [4.69, 9.17) is 16.3 Å². The smallest absolute Gasteiger partial charge is 0.417 e. The van der Waals surface area contributed by atoms with Crippen molar-refractivity contribution in [3.8, 4) is 5.75 Å². The van der Waals surface area contributed by atoms with Gasteiger partial charge in [0.15, 0.2) is 11.4 Å². The number of pyridine rings is 1. The number of fused-ring (bicyclic) bond motifs is 1. The maximum atomic E-state index is 13.2. The lowest BCUT2D eigenvalue weighted by atomic mass is 10.2. The van der Waals surface area contributed by atoms with Gasteiger partial charge in [-0.25, -0.2) is 4.98 Å². The fourth-order valence-corrected chi connectivity index (χ4v) is 3.14. The number of hydrogen-bond acceptors (Lipinski definition) is 5. The summed E-state index contributed by atoms with van der Waals surface area (Å²) in [5.41, 5.74) is -1.31. The van der Waals surface area contributed by atoms with E-state index >= 15 is 0 Å². The van der Waals surface area contributed by atoms with Gasteiger partial charge in [0, 0.05) is 18.0 Å². The highest BCUT2D eigenvalue weighted by atomic mass is 35.5. The number of imidazole rings is 1. The van der Waals surface area contributed by atoms with Gasteiger partial charge in [-0.05, 0) is 24.6 Å². The van der Waals surface area contributed by atoms with Crippen LogP contribution in [-0.2, 0) is 12.6 Å². The fraction of sp³-hybridized carbons (Fsp3) is 0.222. The molecule has 0 unspecified atom stereocenters. The lowest BCUT2D eigenvalue weighted by molar-refractivity contribution is -0.385. The highest BCUT2D eigenvalue weighted by molar-refractivity contribution is 6.33. The number of alkyl halides is 3. The highest BCUT2D eigenvalue weighted by Crippen LogP contribution is 2.34. The molecular weight excluding hydrogens is 429 g/mol. The van der Waals surface area contributed by atoms with E-state index < -0.39 is 22.6 Å². The third-order valence-corrected chi connectivity index (χ3v) is 4.54. The van der Waals surface area contributed by atoms with Crippen molar-refractivity contribution in [2.45, 2.75) is 19.5 Å². The van der Waals surface area contributed by atoms with Gasteiger partial charge >= 0.3 is 11.9 Å². The first-order chi connectivity index (χ1) is 14.1. The molecule has 0 bridgehead atoms. The van der Waals surface area contributed by atoms with Gasteiger partial charge in [0.2, 0.25) is 0 Å². The lowest BCUT2D eigenvalue weighted by Gasteiger charge is -2.11. The summed E-state index contributed by atoms with van der Waals surface area (Å²) in [6, 6.07) is 4.48. The van der Waals surface area contributed by atoms with Gasteiger partial charge in [-0.3, -0.25) is 19.3 Å². The Hall–Kier alpha value is -3.34. The summed E-state index contributed by atoms with van der Waals surface area (Å²) in [6.45, 7) is 1.68. The number of halogens is 4. The summed E-state index contributed by atoms with van der Waals surface area (Å²) in [5.74, 6) is -0.808. The number of amides is 1. The molecule has 12 heteroatoms. The molecule has 158 valence electrons. The minimum atomic E-state index is -4.68. The van der Waals surface area contributed by atoms with Gasteiger partial charge in [-0.15, -0.1) is 0 Å². The van der Waals surface area contributed by atoms with Gasteiger partial charge in [-0.1, -0.05) is 18.5 Å². The Morgan fingerprint density at radius 2 is 2.07 bits per heavy atom. The van der Waals surface area contributed by atoms with Crippen LogP contribution in [0.4, 0.5) is 24.5 Å². The Balaban J connectivity index is 2.09. The Labute approximate surface area is 172 Å². The second-order valence-corrected chi connectivity index (χ2v) is 6.53. The number of carbonyl (C=O) groups is 1. The SMILES string of the molecule is CCc1nc2c(Cl)cc(C(F)(F)F)cn2c1C(=O)Nc1ccc(OC)c([N+](=O)[O-])c1. The molecular formula is C18H14ClF3N4O4. The fourth-order valence-electron chi connectivity index (χ4n) is 2.89. The lowest BCUT2D eigenvalue weighted by Crippen LogP contribution is -2.17. The maximum absolute atomic E-state index is 13.2. The number of methoxy groups -OCH3 is 1. The molecule has 0 saturated carbocycles. The molecule has 0 fully saturated rings. The van der Waals surface area contributed by atoms with Crippen LogP contribution in [0.3, 0.4) is 0 Å². The van der Waals surface area contributed by atoms with E-state index in [0.29, 0.717) is 0 Å². The number of hydrogen-bond donors (Lipinski definition) is 1. The van der Waals surface area contributed by atoms with E-state index in [1.807, 2.05) is 0 Å². The van der Waals surface area contributed by atoms with Crippen LogP contribution < -0.4 is 10.1 Å². The summed E-state index contributed by atoms with van der Waals surface area (Å²) >= 11 is 5.96. The molecule has 0 spiro atoms. The number of carbonyl (C=O) groups excluding carboxylic acids is 1. The van der Waals surface area contributed by atoms with Crippen molar-refractivity contribution in [3.05, 3.63) is 62.6 Å². The molecule has 1 aromatic carbocycles. The molecule has 0 aliphatic heterocycles. The largest absolute Gasteiger partial charge is 0.490 e. The molecule has 3 rings (SSSR count). The van der Waals surface area contributed by atoms with Crippen molar-refractivity contribution in [3.63, 3.8) is 0 Å². The molecule has 2 heterocycles. The first-order valence-corrected chi connectivity index (χ1v) is 8.86. The van der Waals surface area contributed by atoms with E-state index in [1.165, 1.54) is 19.2 Å². The summed E-state index contributed by atoms with van der Waals surface area (Å²) < 4.78 is 45.4. The predicted octanol–water partition coefficient (Wildman–Crippen LogP) is 4.74. The number of rotatable bonds is 5. The van der Waals surface area contributed by atoms with Crippen molar-refractivity contribution in [1.82, 2.24) is 9.38 Å². The minimum Gasteiger partial charge on any atom is -0.490 e. The van der Waals surface area contributed by atoms with Gasteiger partial charge < -0.3 is 10.1 Å². The molecule has 0 aliphatic rings. The summed E-state index contributed by atoms with van der Waals surface area (Å²) in [5, 5.41) is 13.4. The number of nitro groups is 1. The maximum Gasteiger partial charge on any atom is 0.417 e. The molecule has 30 heavy (non-hydrogen) atoms. The predicted molar refractivity (Wildman–Crippen MR) is 102 cm³/mol. The van der Waals surface area contributed by atoms with Crippen LogP contribution in [-0.4, -0.2) is 27.3 Å². The van der Waals surface area contributed by atoms with E-state index in [-0.39, 0.29) is 45.6 Å². The average molecular weight is 443 g/mol. The zero-order valence-corrected chi connectivity index (χ0v) is 16.3. The summed E-state index contributed by atoms with van der Waals surface area (Å²) in [7, 11) is 1.26. The Kier molecular flexibility index (Phi) is 5.57. The molecule has 0 saturated heterocycles.